The molecule has 0 atom stereocenters. The molecule has 0 saturated carbocycles. The molecule has 0 aromatic heterocycles. The molecular weight excluding hydrogens is 366 g/mol. The van der Waals surface area contributed by atoms with Crippen molar-refractivity contribution in [1.29, 1.82) is 0 Å². The summed E-state index contributed by atoms with van der Waals surface area (Å²) in [5, 5.41) is 6.10. The molecule has 0 radical (unpaired) electrons. The molecule has 0 aliphatic carbocycles. The van der Waals surface area contributed by atoms with Crippen LogP contribution in [0.2, 0.25) is 5.02 Å². The van der Waals surface area contributed by atoms with Gasteiger partial charge in [0.15, 0.2) is 0 Å². The fraction of sp³-hybridized carbons (Fsp3) is 0.300. The van der Waals surface area contributed by atoms with E-state index in [1.54, 1.807) is 49.4 Å². The van der Waals surface area contributed by atoms with Gasteiger partial charge < -0.3 is 15.4 Å². The highest BCUT2D eigenvalue weighted by molar-refractivity contribution is 6.34. The number of amides is 2. The van der Waals surface area contributed by atoms with Gasteiger partial charge >= 0.3 is 0 Å². The van der Waals surface area contributed by atoms with Gasteiger partial charge in [-0.05, 0) is 62.4 Å². The lowest BCUT2D eigenvalue weighted by Gasteiger charge is -2.17. The summed E-state index contributed by atoms with van der Waals surface area (Å²) in [6.45, 7) is 3.99. The molecule has 0 unspecified atom stereocenters. The average Bonchev–Trinajstić information content (AvgIpc) is 2.58. The number of methoxy groups -OCH3 is 1. The Labute approximate surface area is 164 Å². The number of ether oxygens (including phenoxy) is 1. The van der Waals surface area contributed by atoms with Crippen LogP contribution in [-0.2, 0) is 9.59 Å². The fourth-order valence-electron chi connectivity index (χ4n) is 2.67. The Kier molecular flexibility index (Phi) is 7.21. The summed E-state index contributed by atoms with van der Waals surface area (Å²) in [6.07, 6.45) is 0. The molecule has 0 fully saturated rings. The third-order valence-corrected chi connectivity index (χ3v) is 4.20. The van der Waals surface area contributed by atoms with Crippen molar-refractivity contribution in [2.45, 2.75) is 13.8 Å². The van der Waals surface area contributed by atoms with Crippen molar-refractivity contribution in [2.24, 2.45) is 0 Å². The number of nitrogens with one attached hydrogen (secondary N) is 2. The molecular formula is C20H24ClN3O3. The Morgan fingerprint density at radius 1 is 1.04 bits per heavy atom. The fourth-order valence-corrected chi connectivity index (χ4v) is 3.04. The third kappa shape index (κ3) is 6.27. The Morgan fingerprint density at radius 2 is 1.63 bits per heavy atom. The number of likely N-dealkylation sites (N-methyl/N-ethyl adjacent to an activating group) is 1. The van der Waals surface area contributed by atoms with Crippen LogP contribution in [0.15, 0.2) is 36.4 Å². The molecule has 7 heteroatoms. The minimum absolute atomic E-state index is 0.0691. The molecule has 0 spiro atoms. The number of benzene rings is 2. The molecule has 0 aliphatic heterocycles. The largest absolute Gasteiger partial charge is 0.497 e. The van der Waals surface area contributed by atoms with Crippen molar-refractivity contribution in [1.82, 2.24) is 4.90 Å². The number of nitrogens with zero attached hydrogens (tertiary/aromatic N) is 1. The lowest BCUT2D eigenvalue weighted by molar-refractivity contribution is -0.119. The second-order valence-corrected chi connectivity index (χ2v) is 6.84. The standard InChI is InChI=1S/C20H24ClN3O3/c1-13-9-14(2)20(17(21)10-13)23-19(26)12-24(3)11-18(25)22-15-5-7-16(27-4)8-6-15/h5-10H,11-12H2,1-4H3,(H,22,25)(H,23,26). The van der Waals surface area contributed by atoms with E-state index in [1.165, 1.54) is 0 Å². The number of aryl methyl sites for hydroxylation is 2. The topological polar surface area (TPSA) is 70.7 Å². The van der Waals surface area contributed by atoms with Crippen LogP contribution in [0, 0.1) is 13.8 Å². The molecule has 144 valence electrons. The summed E-state index contributed by atoms with van der Waals surface area (Å²) in [7, 11) is 3.29. The zero-order valence-electron chi connectivity index (χ0n) is 15.9. The Hall–Kier alpha value is -2.57. The highest BCUT2D eigenvalue weighted by atomic mass is 35.5. The van der Waals surface area contributed by atoms with Crippen LogP contribution in [0.3, 0.4) is 0 Å². The van der Waals surface area contributed by atoms with Gasteiger partial charge in [0.05, 0.1) is 30.9 Å². The van der Waals surface area contributed by atoms with E-state index in [9.17, 15) is 9.59 Å². The van der Waals surface area contributed by atoms with Gasteiger partial charge in [-0.1, -0.05) is 17.7 Å². The average molecular weight is 390 g/mol. The first-order valence-corrected chi connectivity index (χ1v) is 8.85. The van der Waals surface area contributed by atoms with Crippen LogP contribution >= 0.6 is 11.6 Å². The zero-order valence-corrected chi connectivity index (χ0v) is 16.7. The molecule has 0 bridgehead atoms. The number of carbonyl (C=O) groups is 2. The molecule has 0 saturated heterocycles. The second kappa shape index (κ2) is 9.39. The first kappa shape index (κ1) is 20.7. The van der Waals surface area contributed by atoms with E-state index in [-0.39, 0.29) is 24.9 Å². The normalized spacial score (nSPS) is 10.6. The van der Waals surface area contributed by atoms with Crippen LogP contribution in [-0.4, -0.2) is 44.0 Å². The maximum absolute atomic E-state index is 12.3. The summed E-state index contributed by atoms with van der Waals surface area (Å²) in [5.74, 6) is 0.274. The predicted molar refractivity (Wildman–Crippen MR) is 109 cm³/mol. The number of halogens is 1. The van der Waals surface area contributed by atoms with Gasteiger partial charge in [0, 0.05) is 5.69 Å². The van der Waals surface area contributed by atoms with Crippen molar-refractivity contribution < 1.29 is 14.3 Å². The van der Waals surface area contributed by atoms with Gasteiger partial charge in [0.2, 0.25) is 11.8 Å². The summed E-state index contributed by atoms with van der Waals surface area (Å²) < 4.78 is 5.08. The Bertz CT molecular complexity index is 799. The van der Waals surface area contributed by atoms with Crippen molar-refractivity contribution in [3.8, 4) is 5.75 Å². The SMILES string of the molecule is COc1ccc(NC(=O)CN(C)CC(=O)Nc2c(C)cc(C)cc2Cl)cc1. The molecule has 27 heavy (non-hydrogen) atoms. The van der Waals surface area contributed by atoms with Gasteiger partial charge in [-0.2, -0.15) is 0 Å². The quantitative estimate of drug-likeness (QED) is 0.760. The van der Waals surface area contributed by atoms with Gasteiger partial charge in [0.1, 0.15) is 5.75 Å². The summed E-state index contributed by atoms with van der Waals surface area (Å²) in [5.41, 5.74) is 3.19. The lowest BCUT2D eigenvalue weighted by atomic mass is 10.1. The van der Waals surface area contributed by atoms with Crippen LogP contribution in [0.1, 0.15) is 11.1 Å². The first-order valence-electron chi connectivity index (χ1n) is 8.47. The minimum atomic E-state index is -0.233. The van der Waals surface area contributed by atoms with E-state index in [0.29, 0.717) is 22.1 Å². The van der Waals surface area contributed by atoms with Crippen LogP contribution in [0.4, 0.5) is 11.4 Å². The van der Waals surface area contributed by atoms with E-state index in [2.05, 4.69) is 10.6 Å². The smallest absolute Gasteiger partial charge is 0.238 e. The van der Waals surface area contributed by atoms with E-state index in [4.69, 9.17) is 16.3 Å². The Balaban J connectivity index is 1.86. The molecule has 6 nitrogen and oxygen atoms in total. The van der Waals surface area contributed by atoms with Gasteiger partial charge in [0.25, 0.3) is 0 Å². The molecule has 2 amide bonds. The third-order valence-electron chi connectivity index (χ3n) is 3.90. The van der Waals surface area contributed by atoms with Crippen LogP contribution < -0.4 is 15.4 Å². The van der Waals surface area contributed by atoms with Crippen molar-refractivity contribution in [3.05, 3.63) is 52.5 Å². The van der Waals surface area contributed by atoms with Crippen molar-refractivity contribution in [2.75, 3.05) is 37.9 Å². The number of rotatable bonds is 7. The maximum atomic E-state index is 12.3. The summed E-state index contributed by atoms with van der Waals surface area (Å²) in [4.78, 5) is 26.0. The van der Waals surface area contributed by atoms with E-state index >= 15 is 0 Å². The van der Waals surface area contributed by atoms with Gasteiger partial charge in [-0.3, -0.25) is 14.5 Å². The van der Waals surface area contributed by atoms with Gasteiger partial charge in [-0.25, -0.2) is 0 Å². The van der Waals surface area contributed by atoms with E-state index in [1.807, 2.05) is 19.9 Å². The highest BCUT2D eigenvalue weighted by Gasteiger charge is 2.14. The first-order chi connectivity index (χ1) is 12.8. The van der Waals surface area contributed by atoms with E-state index < -0.39 is 0 Å². The minimum Gasteiger partial charge on any atom is -0.497 e. The molecule has 2 aromatic carbocycles. The zero-order chi connectivity index (χ0) is 20.0. The second-order valence-electron chi connectivity index (χ2n) is 6.44. The predicted octanol–water partition coefficient (Wildman–Crippen LogP) is 3.47. The maximum Gasteiger partial charge on any atom is 0.238 e. The highest BCUT2D eigenvalue weighted by Crippen LogP contribution is 2.27. The summed E-state index contributed by atoms with van der Waals surface area (Å²) >= 11 is 6.21. The number of hydrogen-bond donors (Lipinski definition) is 2. The lowest BCUT2D eigenvalue weighted by Crippen LogP contribution is -2.36. The van der Waals surface area contributed by atoms with Crippen LogP contribution in [0.25, 0.3) is 0 Å². The van der Waals surface area contributed by atoms with Crippen molar-refractivity contribution >= 4 is 34.8 Å². The number of carbonyl (C=O) groups excluding carboxylic acids is 2. The molecule has 0 aliphatic rings. The van der Waals surface area contributed by atoms with Crippen molar-refractivity contribution in [3.63, 3.8) is 0 Å². The number of hydrogen-bond acceptors (Lipinski definition) is 4. The van der Waals surface area contributed by atoms with Crippen LogP contribution in [0.5, 0.6) is 5.75 Å². The summed E-state index contributed by atoms with van der Waals surface area (Å²) in [6, 6.07) is 10.8. The molecule has 2 rings (SSSR count). The van der Waals surface area contributed by atoms with Gasteiger partial charge in [-0.15, -0.1) is 0 Å². The monoisotopic (exact) mass is 389 g/mol. The Morgan fingerprint density at radius 3 is 2.19 bits per heavy atom. The van der Waals surface area contributed by atoms with E-state index in [0.717, 1.165) is 11.1 Å². The number of anilines is 2. The molecule has 2 N–H and O–H groups in total. The molecule has 0 heterocycles. The molecule has 2 aromatic rings.